The highest BCUT2D eigenvalue weighted by Gasteiger charge is 2.23. The van der Waals surface area contributed by atoms with Crippen LogP contribution < -0.4 is 10.4 Å². The van der Waals surface area contributed by atoms with Crippen molar-refractivity contribution in [1.82, 2.24) is 10.3 Å². The van der Waals surface area contributed by atoms with Crippen LogP contribution in [-0.4, -0.2) is 42.2 Å². The number of anilines is 1. The number of carbonyl (C=O) groups is 1. The van der Waals surface area contributed by atoms with Crippen LogP contribution in [0.5, 0.6) is 0 Å². The van der Waals surface area contributed by atoms with Crippen molar-refractivity contribution >= 4 is 23.2 Å². The molecule has 0 saturated heterocycles. The van der Waals surface area contributed by atoms with E-state index in [1.165, 1.54) is 0 Å². The highest BCUT2D eigenvalue weighted by Crippen LogP contribution is 2.29. The average molecular weight is 322 g/mol. The number of rotatable bonds is 4. The van der Waals surface area contributed by atoms with Crippen LogP contribution in [-0.2, 0) is 11.2 Å². The average Bonchev–Trinajstić information content (AvgIpc) is 2.90. The van der Waals surface area contributed by atoms with Gasteiger partial charge in [0.2, 0.25) is 0 Å². The van der Waals surface area contributed by atoms with Gasteiger partial charge in [-0.15, -0.1) is 0 Å². The van der Waals surface area contributed by atoms with Gasteiger partial charge >= 0.3 is 0 Å². The summed E-state index contributed by atoms with van der Waals surface area (Å²) >= 11 is 6.00. The second-order valence-electron chi connectivity index (χ2n) is 5.63. The molecule has 0 spiro atoms. The highest BCUT2D eigenvalue weighted by atomic mass is 35.5. The zero-order chi connectivity index (χ0) is 15.5. The summed E-state index contributed by atoms with van der Waals surface area (Å²) in [4.78, 5) is 14.4. The molecule has 0 bridgehead atoms. The van der Waals surface area contributed by atoms with E-state index in [0.29, 0.717) is 6.54 Å². The van der Waals surface area contributed by atoms with E-state index < -0.39 is 0 Å². The second kappa shape index (κ2) is 6.58. The smallest absolute Gasteiger partial charge is 0.267 e. The van der Waals surface area contributed by atoms with E-state index in [4.69, 9.17) is 16.7 Å². The third-order valence-electron chi connectivity index (χ3n) is 4.08. The Kier molecular flexibility index (Phi) is 4.55. The number of aliphatic hydroxyl groups excluding tert-OH is 1. The summed E-state index contributed by atoms with van der Waals surface area (Å²) in [6, 6.07) is 5.73. The molecular formula is C16H20ClN3O2. The van der Waals surface area contributed by atoms with Crippen LogP contribution in [0.2, 0.25) is 5.02 Å². The van der Waals surface area contributed by atoms with Gasteiger partial charge in [-0.1, -0.05) is 11.6 Å². The summed E-state index contributed by atoms with van der Waals surface area (Å²) in [6.45, 7) is 2.32. The van der Waals surface area contributed by atoms with Gasteiger partial charge in [-0.05, 0) is 43.0 Å². The fraction of sp³-hybridized carbons (Fsp3) is 0.438. The molecule has 0 unspecified atom stereocenters. The molecule has 2 heterocycles. The Hall–Kier alpha value is -1.72. The number of hydrogen-bond donors (Lipinski definition) is 2. The summed E-state index contributed by atoms with van der Waals surface area (Å²) in [7, 11) is 0. The lowest BCUT2D eigenvalue weighted by atomic mass is 10.1. The number of nitrogens with zero attached hydrogens (tertiary/aromatic N) is 2. The van der Waals surface area contributed by atoms with Crippen molar-refractivity contribution in [3.8, 4) is 0 Å². The number of amides is 1. The van der Waals surface area contributed by atoms with E-state index >= 15 is 0 Å². The number of benzene rings is 1. The van der Waals surface area contributed by atoms with Gasteiger partial charge in [0.15, 0.2) is 0 Å². The number of aliphatic hydroxyl groups is 1. The van der Waals surface area contributed by atoms with Gasteiger partial charge in [-0.3, -0.25) is 15.2 Å². The summed E-state index contributed by atoms with van der Waals surface area (Å²) in [5, 5.41) is 11.6. The minimum atomic E-state index is -0.0644. The predicted molar refractivity (Wildman–Crippen MR) is 86.6 cm³/mol. The number of fused-ring (bicyclic) bond motifs is 1. The molecule has 1 aromatic rings. The topological polar surface area (TPSA) is 55.8 Å². The van der Waals surface area contributed by atoms with E-state index in [9.17, 15) is 4.79 Å². The van der Waals surface area contributed by atoms with Gasteiger partial charge < -0.3 is 10.0 Å². The van der Waals surface area contributed by atoms with Crippen molar-refractivity contribution in [2.24, 2.45) is 0 Å². The fourth-order valence-electron chi connectivity index (χ4n) is 2.98. The van der Waals surface area contributed by atoms with Crippen LogP contribution in [0, 0.1) is 0 Å². The molecule has 3 rings (SSSR count). The Morgan fingerprint density at radius 2 is 2.18 bits per heavy atom. The van der Waals surface area contributed by atoms with Crippen molar-refractivity contribution in [3.05, 3.63) is 40.6 Å². The zero-order valence-corrected chi connectivity index (χ0v) is 13.1. The van der Waals surface area contributed by atoms with Crippen LogP contribution in [0.1, 0.15) is 18.4 Å². The maximum absolute atomic E-state index is 12.4. The van der Waals surface area contributed by atoms with Gasteiger partial charge in [0.1, 0.15) is 0 Å². The Balaban J connectivity index is 1.68. The lowest BCUT2D eigenvalue weighted by Crippen LogP contribution is -2.43. The lowest BCUT2D eigenvalue weighted by molar-refractivity contribution is -0.118. The highest BCUT2D eigenvalue weighted by molar-refractivity contribution is 6.30. The molecule has 0 saturated carbocycles. The Morgan fingerprint density at radius 3 is 3.00 bits per heavy atom. The van der Waals surface area contributed by atoms with Gasteiger partial charge in [-0.2, -0.15) is 0 Å². The van der Waals surface area contributed by atoms with Crippen molar-refractivity contribution in [2.45, 2.75) is 19.3 Å². The number of carbonyl (C=O) groups excluding carboxylic acids is 1. The predicted octanol–water partition coefficient (Wildman–Crippen LogP) is 1.71. The van der Waals surface area contributed by atoms with Crippen molar-refractivity contribution in [2.75, 3.05) is 31.3 Å². The first-order valence-electron chi connectivity index (χ1n) is 7.60. The SMILES string of the molecule is O=C(NN1CCc2cc(Cl)ccc21)C1=CN(CCO)CCC1. The monoisotopic (exact) mass is 321 g/mol. The maximum atomic E-state index is 12.4. The lowest BCUT2D eigenvalue weighted by Gasteiger charge is -2.27. The Bertz CT molecular complexity index is 603. The van der Waals surface area contributed by atoms with Gasteiger partial charge in [0.25, 0.3) is 5.91 Å². The minimum absolute atomic E-state index is 0.0644. The quantitative estimate of drug-likeness (QED) is 0.886. The molecule has 5 nitrogen and oxygen atoms in total. The first-order valence-corrected chi connectivity index (χ1v) is 7.98. The largest absolute Gasteiger partial charge is 0.395 e. The number of halogens is 1. The van der Waals surface area contributed by atoms with Crippen LogP contribution in [0.4, 0.5) is 5.69 Å². The zero-order valence-electron chi connectivity index (χ0n) is 12.4. The van der Waals surface area contributed by atoms with E-state index in [2.05, 4.69) is 5.43 Å². The number of hydrogen-bond acceptors (Lipinski definition) is 4. The van der Waals surface area contributed by atoms with E-state index in [-0.39, 0.29) is 12.5 Å². The Morgan fingerprint density at radius 1 is 1.32 bits per heavy atom. The van der Waals surface area contributed by atoms with E-state index in [1.807, 2.05) is 34.3 Å². The molecule has 6 heteroatoms. The normalized spacial score (nSPS) is 17.3. The third kappa shape index (κ3) is 3.20. The van der Waals surface area contributed by atoms with Crippen LogP contribution in [0.3, 0.4) is 0 Å². The van der Waals surface area contributed by atoms with Gasteiger partial charge in [0.05, 0.1) is 12.3 Å². The summed E-state index contributed by atoms with van der Waals surface area (Å²) < 4.78 is 0. The van der Waals surface area contributed by atoms with E-state index in [1.54, 1.807) is 0 Å². The number of β-amino-alcohol motifs (C(OH)–C–C–N with tert-alkyl or cyclic N) is 1. The molecule has 0 fully saturated rings. The van der Waals surface area contributed by atoms with Crippen LogP contribution in [0.25, 0.3) is 0 Å². The summed E-state index contributed by atoms with van der Waals surface area (Å²) in [5.41, 5.74) is 5.92. The van der Waals surface area contributed by atoms with Crippen molar-refractivity contribution in [3.63, 3.8) is 0 Å². The number of nitrogens with one attached hydrogen (secondary N) is 1. The first kappa shape index (κ1) is 15.2. The molecule has 118 valence electrons. The minimum Gasteiger partial charge on any atom is -0.395 e. The van der Waals surface area contributed by atoms with Gasteiger partial charge in [-0.25, -0.2) is 0 Å². The van der Waals surface area contributed by atoms with Crippen LogP contribution >= 0.6 is 11.6 Å². The maximum Gasteiger partial charge on any atom is 0.267 e. The molecule has 2 aliphatic rings. The standard InChI is InChI=1S/C16H20ClN3O2/c17-14-3-4-15-12(10-14)5-7-20(15)18-16(22)13-2-1-6-19(11-13)8-9-21/h3-4,10-11,21H,1-2,5-9H2,(H,18,22). The summed E-state index contributed by atoms with van der Waals surface area (Å²) in [5.74, 6) is -0.0644. The van der Waals surface area contributed by atoms with Crippen molar-refractivity contribution in [1.29, 1.82) is 0 Å². The van der Waals surface area contributed by atoms with Gasteiger partial charge in [0, 0.05) is 36.4 Å². The first-order chi connectivity index (χ1) is 10.7. The van der Waals surface area contributed by atoms with Crippen molar-refractivity contribution < 1.29 is 9.90 Å². The molecule has 0 atom stereocenters. The molecule has 22 heavy (non-hydrogen) atoms. The fourth-order valence-corrected chi connectivity index (χ4v) is 3.17. The second-order valence-corrected chi connectivity index (χ2v) is 6.07. The van der Waals surface area contributed by atoms with Crippen LogP contribution in [0.15, 0.2) is 30.0 Å². The molecule has 0 aliphatic carbocycles. The third-order valence-corrected chi connectivity index (χ3v) is 4.32. The summed E-state index contributed by atoms with van der Waals surface area (Å²) in [6.07, 6.45) is 4.46. The van der Waals surface area contributed by atoms with E-state index in [0.717, 1.165) is 54.2 Å². The Labute approximate surface area is 135 Å². The molecular weight excluding hydrogens is 302 g/mol. The molecule has 0 radical (unpaired) electrons. The molecule has 2 aliphatic heterocycles. The molecule has 2 N–H and O–H groups in total. The molecule has 1 amide bonds. The molecule has 0 aromatic heterocycles. The number of hydrazine groups is 1. The molecule has 1 aromatic carbocycles.